The number of thioether (sulfide) groups is 1. The molecule has 1 aliphatic rings. The first-order chi connectivity index (χ1) is 11.0. The summed E-state index contributed by atoms with van der Waals surface area (Å²) in [6, 6.07) is 12.7. The number of hydrogen-bond acceptors (Lipinski definition) is 3. The summed E-state index contributed by atoms with van der Waals surface area (Å²) in [5.41, 5.74) is 1.09. The van der Waals surface area contributed by atoms with Gasteiger partial charge in [-0.1, -0.05) is 23.4 Å². The Kier molecular flexibility index (Phi) is 4.68. The predicted octanol–water partition coefficient (Wildman–Crippen LogP) is 4.62. The Bertz CT molecular complexity index is 746. The molecule has 0 spiro atoms. The van der Waals surface area contributed by atoms with E-state index in [2.05, 4.69) is 4.99 Å². The summed E-state index contributed by atoms with van der Waals surface area (Å²) in [7, 11) is 0. The number of carbonyl (C=O) groups is 1. The van der Waals surface area contributed by atoms with Gasteiger partial charge in [0, 0.05) is 16.3 Å². The maximum absolute atomic E-state index is 13.1. The van der Waals surface area contributed by atoms with Crippen LogP contribution in [0.1, 0.15) is 17.3 Å². The van der Waals surface area contributed by atoms with Crippen molar-refractivity contribution in [3.8, 4) is 0 Å². The quantitative estimate of drug-likeness (QED) is 0.793. The Morgan fingerprint density at radius 3 is 2.43 bits per heavy atom. The summed E-state index contributed by atoms with van der Waals surface area (Å²) in [6.45, 7) is 2.00. The molecule has 0 saturated heterocycles. The molecule has 0 N–H and O–H groups in total. The van der Waals surface area contributed by atoms with Crippen LogP contribution in [0.15, 0.2) is 53.5 Å². The van der Waals surface area contributed by atoms with Crippen molar-refractivity contribution in [2.45, 2.75) is 13.0 Å². The maximum Gasteiger partial charge on any atom is 0.264 e. The first-order valence-corrected chi connectivity index (χ1v) is 8.47. The third kappa shape index (κ3) is 3.57. The number of aliphatic imine (C=N–C) groups is 1. The summed E-state index contributed by atoms with van der Waals surface area (Å²) in [5.74, 6) is 0.212. The molecule has 2 aromatic rings. The Hall–Kier alpha value is -1.85. The number of hydrogen-bond donors (Lipinski definition) is 0. The van der Waals surface area contributed by atoms with E-state index < -0.39 is 0 Å². The Morgan fingerprint density at radius 2 is 1.87 bits per heavy atom. The van der Waals surface area contributed by atoms with Crippen LogP contribution in [0.4, 0.5) is 10.1 Å². The molecule has 0 aromatic heterocycles. The van der Waals surface area contributed by atoms with Gasteiger partial charge in [-0.05, 0) is 55.5 Å². The third-order valence-electron chi connectivity index (χ3n) is 3.35. The lowest BCUT2D eigenvalue weighted by molar-refractivity contribution is 0.100. The van der Waals surface area contributed by atoms with Gasteiger partial charge in [0.05, 0.1) is 11.7 Å². The zero-order valence-electron chi connectivity index (χ0n) is 12.4. The first-order valence-electron chi connectivity index (χ1n) is 7.11. The SMILES string of the molecule is C[C@@H]1CSC(N(C(=O)c2ccc(F)cc2)c2ccc(Cl)cc2)=N1. The smallest absolute Gasteiger partial charge is 0.264 e. The Labute approximate surface area is 143 Å². The fourth-order valence-electron chi connectivity index (χ4n) is 2.21. The minimum atomic E-state index is -0.374. The second-order valence-corrected chi connectivity index (χ2v) is 6.62. The molecule has 2 aromatic carbocycles. The highest BCUT2D eigenvalue weighted by molar-refractivity contribution is 8.14. The van der Waals surface area contributed by atoms with E-state index in [9.17, 15) is 9.18 Å². The lowest BCUT2D eigenvalue weighted by atomic mass is 10.2. The van der Waals surface area contributed by atoms with Crippen LogP contribution in [-0.2, 0) is 0 Å². The molecule has 1 atom stereocenters. The van der Waals surface area contributed by atoms with Crippen LogP contribution < -0.4 is 4.90 Å². The average Bonchev–Trinajstić information content (AvgIpc) is 2.96. The van der Waals surface area contributed by atoms with Gasteiger partial charge in [-0.2, -0.15) is 0 Å². The largest absolute Gasteiger partial charge is 0.268 e. The van der Waals surface area contributed by atoms with Crippen molar-refractivity contribution >= 4 is 40.1 Å². The van der Waals surface area contributed by atoms with Gasteiger partial charge in [-0.25, -0.2) is 4.39 Å². The lowest BCUT2D eigenvalue weighted by Gasteiger charge is -2.22. The molecule has 0 fully saturated rings. The Balaban J connectivity index is 2.01. The number of rotatable bonds is 2. The van der Waals surface area contributed by atoms with E-state index in [4.69, 9.17) is 11.6 Å². The summed E-state index contributed by atoms with van der Waals surface area (Å²) in [6.07, 6.45) is 0. The predicted molar refractivity (Wildman–Crippen MR) is 94.0 cm³/mol. The van der Waals surface area contributed by atoms with Crippen molar-refractivity contribution in [2.75, 3.05) is 10.7 Å². The topological polar surface area (TPSA) is 32.7 Å². The van der Waals surface area contributed by atoms with Crippen LogP contribution >= 0.6 is 23.4 Å². The maximum atomic E-state index is 13.1. The van der Waals surface area contributed by atoms with E-state index >= 15 is 0 Å². The molecule has 1 heterocycles. The number of carbonyl (C=O) groups excluding carboxylic acids is 1. The van der Waals surface area contributed by atoms with Gasteiger partial charge >= 0.3 is 0 Å². The fraction of sp³-hybridized carbons (Fsp3) is 0.176. The molecule has 6 heteroatoms. The summed E-state index contributed by atoms with van der Waals surface area (Å²) in [5, 5.41) is 1.24. The summed E-state index contributed by atoms with van der Waals surface area (Å²) >= 11 is 7.46. The number of nitrogens with zero attached hydrogens (tertiary/aromatic N) is 2. The van der Waals surface area contributed by atoms with Crippen molar-refractivity contribution < 1.29 is 9.18 Å². The van der Waals surface area contributed by atoms with Crippen LogP contribution in [0.3, 0.4) is 0 Å². The van der Waals surface area contributed by atoms with E-state index in [0.717, 1.165) is 5.75 Å². The highest BCUT2D eigenvalue weighted by atomic mass is 35.5. The van der Waals surface area contributed by atoms with Gasteiger partial charge in [0.2, 0.25) is 0 Å². The zero-order valence-corrected chi connectivity index (χ0v) is 13.9. The number of amides is 1. The minimum absolute atomic E-state index is 0.158. The standard InChI is InChI=1S/C17H14ClFN2OS/c1-11-10-23-17(20-11)21(15-8-4-13(18)5-9-15)16(22)12-2-6-14(19)7-3-12/h2-9,11H,10H2,1H3/t11-/m1/s1. The lowest BCUT2D eigenvalue weighted by Crippen LogP contribution is -2.34. The van der Waals surface area contributed by atoms with Gasteiger partial charge in [-0.3, -0.25) is 14.7 Å². The first kappa shape index (κ1) is 16.0. The van der Waals surface area contributed by atoms with Crippen LogP contribution in [0.5, 0.6) is 0 Å². The average molecular weight is 349 g/mol. The summed E-state index contributed by atoms with van der Waals surface area (Å²) in [4.78, 5) is 19.0. The molecule has 0 aliphatic carbocycles. The molecular formula is C17H14ClFN2OS. The second-order valence-electron chi connectivity index (χ2n) is 5.20. The Morgan fingerprint density at radius 1 is 1.22 bits per heavy atom. The van der Waals surface area contributed by atoms with E-state index in [-0.39, 0.29) is 17.8 Å². The van der Waals surface area contributed by atoms with Crippen LogP contribution in [0, 0.1) is 5.82 Å². The molecule has 118 valence electrons. The molecule has 1 aliphatic heterocycles. The minimum Gasteiger partial charge on any atom is -0.268 e. The summed E-state index contributed by atoms with van der Waals surface area (Å²) < 4.78 is 13.1. The molecule has 0 unspecified atom stereocenters. The van der Waals surface area contributed by atoms with Gasteiger partial charge in [0.15, 0.2) is 5.17 Å². The van der Waals surface area contributed by atoms with Crippen molar-refractivity contribution in [1.29, 1.82) is 0 Å². The van der Waals surface area contributed by atoms with E-state index in [1.807, 2.05) is 6.92 Å². The van der Waals surface area contributed by atoms with E-state index in [1.165, 1.54) is 36.0 Å². The number of halogens is 2. The van der Waals surface area contributed by atoms with Gasteiger partial charge in [0.25, 0.3) is 5.91 Å². The molecule has 3 nitrogen and oxygen atoms in total. The molecular weight excluding hydrogens is 335 g/mol. The number of anilines is 1. The molecule has 3 rings (SSSR count). The highest BCUT2D eigenvalue weighted by Gasteiger charge is 2.27. The van der Waals surface area contributed by atoms with Gasteiger partial charge in [0.1, 0.15) is 5.82 Å². The molecule has 23 heavy (non-hydrogen) atoms. The molecule has 0 saturated carbocycles. The highest BCUT2D eigenvalue weighted by Crippen LogP contribution is 2.28. The van der Waals surface area contributed by atoms with E-state index in [0.29, 0.717) is 21.4 Å². The molecule has 0 bridgehead atoms. The fourth-order valence-corrected chi connectivity index (χ4v) is 3.37. The molecule has 0 radical (unpaired) electrons. The second kappa shape index (κ2) is 6.72. The zero-order chi connectivity index (χ0) is 16.4. The molecule has 1 amide bonds. The number of amidine groups is 1. The normalized spacial score (nSPS) is 17.0. The van der Waals surface area contributed by atoms with Crippen molar-refractivity contribution in [1.82, 2.24) is 0 Å². The van der Waals surface area contributed by atoms with Crippen molar-refractivity contribution in [2.24, 2.45) is 4.99 Å². The van der Waals surface area contributed by atoms with E-state index in [1.54, 1.807) is 29.2 Å². The van der Waals surface area contributed by atoms with Crippen LogP contribution in [-0.4, -0.2) is 22.9 Å². The number of benzene rings is 2. The van der Waals surface area contributed by atoms with Gasteiger partial charge < -0.3 is 0 Å². The van der Waals surface area contributed by atoms with Crippen molar-refractivity contribution in [3.05, 3.63) is 64.9 Å². The monoisotopic (exact) mass is 348 g/mol. The van der Waals surface area contributed by atoms with Gasteiger partial charge in [-0.15, -0.1) is 0 Å². The third-order valence-corrected chi connectivity index (χ3v) is 4.80. The van der Waals surface area contributed by atoms with Crippen LogP contribution in [0.2, 0.25) is 5.02 Å². The van der Waals surface area contributed by atoms with Crippen LogP contribution in [0.25, 0.3) is 0 Å². The van der Waals surface area contributed by atoms with Crippen molar-refractivity contribution in [3.63, 3.8) is 0 Å².